The van der Waals surface area contributed by atoms with Gasteiger partial charge in [-0.05, 0) is 67.9 Å². The van der Waals surface area contributed by atoms with Crippen LogP contribution in [-0.4, -0.2) is 40.1 Å². The van der Waals surface area contributed by atoms with Crippen molar-refractivity contribution in [2.45, 2.75) is 36.6 Å². The lowest BCUT2D eigenvalue weighted by Gasteiger charge is -2.30. The van der Waals surface area contributed by atoms with E-state index in [2.05, 4.69) is 5.32 Å². The minimum absolute atomic E-state index is 0.249. The Morgan fingerprint density at radius 3 is 2.27 bits per heavy atom. The summed E-state index contributed by atoms with van der Waals surface area (Å²) in [4.78, 5) is 67.7. The molecule has 1 N–H and O–H groups in total. The summed E-state index contributed by atoms with van der Waals surface area (Å²) in [6, 6.07) is 20.5. The van der Waals surface area contributed by atoms with Crippen LogP contribution in [0, 0.1) is 12.8 Å². The Labute approximate surface area is 265 Å². The summed E-state index contributed by atoms with van der Waals surface area (Å²) in [5.74, 6) is -2.96. The number of esters is 1. The monoisotopic (exact) mass is 647 g/mol. The zero-order valence-electron chi connectivity index (χ0n) is 23.6. The van der Waals surface area contributed by atoms with E-state index in [1.807, 2.05) is 19.1 Å². The molecule has 4 aromatic rings. The van der Waals surface area contributed by atoms with E-state index >= 15 is 0 Å². The first kappa shape index (κ1) is 29.9. The number of imide groups is 1. The number of thiazole rings is 1. The Kier molecular flexibility index (Phi) is 8.19. The number of fused-ring (bicyclic) bond motifs is 2. The first-order valence-corrected chi connectivity index (χ1v) is 15.9. The lowest BCUT2D eigenvalue weighted by molar-refractivity contribution is -0.122. The molecule has 2 aliphatic rings. The molecule has 3 heterocycles. The number of anilines is 2. The van der Waals surface area contributed by atoms with Crippen molar-refractivity contribution in [3.63, 3.8) is 0 Å². The van der Waals surface area contributed by atoms with E-state index in [0.717, 1.165) is 34.2 Å². The van der Waals surface area contributed by atoms with E-state index in [0.29, 0.717) is 31.9 Å². The minimum Gasteiger partial charge on any atom is -0.462 e. The van der Waals surface area contributed by atoms with Crippen molar-refractivity contribution in [3.05, 3.63) is 109 Å². The van der Waals surface area contributed by atoms with E-state index in [4.69, 9.17) is 16.3 Å². The number of amides is 3. The Balaban J connectivity index is 1.33. The first-order valence-electron chi connectivity index (χ1n) is 13.8. The molecular weight excluding hydrogens is 622 g/mol. The number of hydrogen-bond acceptors (Lipinski definition) is 8. The molecule has 3 aromatic carbocycles. The molecule has 2 aliphatic heterocycles. The molecule has 12 heteroatoms. The SMILES string of the molecule is CCOC(=O)c1ccc(NC(=O)Cn2c3c(sc2=O)[C@@H](c2ccc(Cl)cc2)[C@@H]2C(=O)N(c4ccc(C)cc4)C(=O)[C@@H]2S3)cc1. The van der Waals surface area contributed by atoms with Crippen LogP contribution in [-0.2, 0) is 25.7 Å². The number of rotatable bonds is 7. The van der Waals surface area contributed by atoms with Gasteiger partial charge in [0.2, 0.25) is 17.7 Å². The van der Waals surface area contributed by atoms with Gasteiger partial charge >= 0.3 is 10.8 Å². The summed E-state index contributed by atoms with van der Waals surface area (Å²) in [5.41, 5.74) is 3.03. The van der Waals surface area contributed by atoms with Gasteiger partial charge in [0, 0.05) is 21.5 Å². The van der Waals surface area contributed by atoms with Crippen LogP contribution in [0.25, 0.3) is 0 Å². The average molecular weight is 648 g/mol. The lowest BCUT2D eigenvalue weighted by atomic mass is 9.83. The first-order chi connectivity index (χ1) is 21.2. The third-order valence-corrected chi connectivity index (χ3v) is 10.4. The second kappa shape index (κ2) is 12.1. The molecule has 0 spiro atoms. The largest absolute Gasteiger partial charge is 0.462 e. The average Bonchev–Trinajstić information content (AvgIpc) is 3.45. The number of aromatic nitrogens is 1. The minimum atomic E-state index is -0.796. The van der Waals surface area contributed by atoms with Crippen LogP contribution in [0.4, 0.5) is 11.4 Å². The summed E-state index contributed by atoms with van der Waals surface area (Å²) in [6.45, 7) is 3.59. The van der Waals surface area contributed by atoms with Crippen molar-refractivity contribution >= 4 is 69.8 Å². The van der Waals surface area contributed by atoms with Crippen LogP contribution in [0.1, 0.15) is 39.2 Å². The van der Waals surface area contributed by atoms with Gasteiger partial charge in [0.05, 0.1) is 28.8 Å². The Bertz CT molecular complexity index is 1830. The van der Waals surface area contributed by atoms with Crippen LogP contribution in [0.5, 0.6) is 0 Å². The molecular formula is C32H26ClN3O6S2. The molecule has 6 rings (SSSR count). The fourth-order valence-corrected chi connectivity index (χ4v) is 8.38. The number of halogens is 1. The van der Waals surface area contributed by atoms with Crippen LogP contribution >= 0.6 is 34.7 Å². The number of nitrogens with zero attached hydrogens (tertiary/aromatic N) is 2. The Hall–Kier alpha value is -4.19. The summed E-state index contributed by atoms with van der Waals surface area (Å²) >= 11 is 8.29. The molecule has 0 saturated carbocycles. The highest BCUT2D eigenvalue weighted by molar-refractivity contribution is 8.00. The number of benzene rings is 3. The number of carbonyl (C=O) groups is 4. The van der Waals surface area contributed by atoms with Crippen molar-refractivity contribution in [1.29, 1.82) is 0 Å². The van der Waals surface area contributed by atoms with Gasteiger partial charge < -0.3 is 10.1 Å². The highest BCUT2D eigenvalue weighted by Crippen LogP contribution is 2.54. The van der Waals surface area contributed by atoms with Crippen LogP contribution in [0.3, 0.4) is 0 Å². The summed E-state index contributed by atoms with van der Waals surface area (Å²) in [5, 5.41) is 2.97. The maximum absolute atomic E-state index is 14.0. The topological polar surface area (TPSA) is 115 Å². The third kappa shape index (κ3) is 5.47. The molecule has 3 amide bonds. The number of nitrogens with one attached hydrogen (secondary N) is 1. The van der Waals surface area contributed by atoms with E-state index in [1.165, 1.54) is 9.47 Å². The van der Waals surface area contributed by atoms with E-state index in [1.54, 1.807) is 67.6 Å². The quantitative estimate of drug-likeness (QED) is 0.209. The smallest absolute Gasteiger partial charge is 0.338 e. The van der Waals surface area contributed by atoms with Gasteiger partial charge in [0.15, 0.2) is 0 Å². The molecule has 1 aromatic heterocycles. The molecule has 3 atom stereocenters. The summed E-state index contributed by atoms with van der Waals surface area (Å²) < 4.78 is 6.35. The van der Waals surface area contributed by atoms with Crippen molar-refractivity contribution < 1.29 is 23.9 Å². The van der Waals surface area contributed by atoms with Gasteiger partial charge in [-0.3, -0.25) is 23.7 Å². The fourth-order valence-electron chi connectivity index (χ4n) is 5.48. The number of hydrogen-bond donors (Lipinski definition) is 1. The highest BCUT2D eigenvalue weighted by atomic mass is 35.5. The molecule has 44 heavy (non-hydrogen) atoms. The van der Waals surface area contributed by atoms with Crippen molar-refractivity contribution in [3.8, 4) is 0 Å². The normalized spacial score (nSPS) is 19.0. The molecule has 1 saturated heterocycles. The van der Waals surface area contributed by atoms with Gasteiger partial charge in [-0.25, -0.2) is 9.69 Å². The molecule has 9 nitrogen and oxygen atoms in total. The molecule has 0 aliphatic carbocycles. The standard InChI is InChI=1S/C32H26ClN3O6S2/c1-3-42-31(40)19-8-12-21(13-9-19)34-23(37)16-35-30-27(44-32(35)41)24(18-6-10-20(33)11-7-18)25-26(43-30)29(39)36(28(25)38)22-14-4-17(2)5-15-22/h4-15,24-26H,3,16H2,1-2H3,(H,34,37)/t24-,25-,26+/m0/s1. The number of ether oxygens (including phenoxy) is 1. The predicted octanol–water partition coefficient (Wildman–Crippen LogP) is 5.48. The van der Waals surface area contributed by atoms with Gasteiger partial charge in [0.1, 0.15) is 11.8 Å². The maximum Gasteiger partial charge on any atom is 0.338 e. The van der Waals surface area contributed by atoms with E-state index in [9.17, 15) is 24.0 Å². The molecule has 0 bridgehead atoms. The zero-order chi connectivity index (χ0) is 31.1. The summed E-state index contributed by atoms with van der Waals surface area (Å²) in [6.07, 6.45) is 0. The number of aryl methyl sites for hydroxylation is 1. The molecule has 0 radical (unpaired) electrons. The van der Waals surface area contributed by atoms with E-state index < -0.39 is 29.0 Å². The van der Waals surface area contributed by atoms with Crippen molar-refractivity contribution in [2.24, 2.45) is 5.92 Å². The summed E-state index contributed by atoms with van der Waals surface area (Å²) in [7, 11) is 0. The van der Waals surface area contributed by atoms with Crippen LogP contribution in [0.2, 0.25) is 5.02 Å². The van der Waals surface area contributed by atoms with Gasteiger partial charge in [-0.15, -0.1) is 0 Å². The second-order valence-electron chi connectivity index (χ2n) is 10.4. The van der Waals surface area contributed by atoms with Gasteiger partial charge in [0.25, 0.3) is 0 Å². The zero-order valence-corrected chi connectivity index (χ0v) is 26.0. The number of thioether (sulfide) groups is 1. The Morgan fingerprint density at radius 1 is 0.932 bits per heavy atom. The second-order valence-corrected chi connectivity index (χ2v) is 13.0. The van der Waals surface area contributed by atoms with Crippen LogP contribution < -0.4 is 15.1 Å². The Morgan fingerprint density at radius 2 is 1.61 bits per heavy atom. The predicted molar refractivity (Wildman–Crippen MR) is 170 cm³/mol. The van der Waals surface area contributed by atoms with Gasteiger partial charge in [-0.1, -0.05) is 64.5 Å². The molecule has 224 valence electrons. The van der Waals surface area contributed by atoms with E-state index in [-0.39, 0.29) is 29.8 Å². The third-order valence-electron chi connectivity index (χ3n) is 7.55. The van der Waals surface area contributed by atoms with Gasteiger partial charge in [-0.2, -0.15) is 0 Å². The fraction of sp³-hybridized carbons (Fsp3) is 0.219. The van der Waals surface area contributed by atoms with Crippen molar-refractivity contribution in [1.82, 2.24) is 4.57 Å². The highest BCUT2D eigenvalue weighted by Gasteiger charge is 2.56. The maximum atomic E-state index is 14.0. The lowest BCUT2D eigenvalue weighted by Crippen LogP contribution is -2.33. The molecule has 0 unspecified atom stereocenters. The van der Waals surface area contributed by atoms with Crippen molar-refractivity contribution in [2.75, 3.05) is 16.8 Å². The number of carbonyl (C=O) groups excluding carboxylic acids is 4. The molecule has 1 fully saturated rings. The van der Waals surface area contributed by atoms with Crippen LogP contribution in [0.15, 0.2) is 82.6 Å².